The molecule has 2 nitrogen and oxygen atoms in total. The summed E-state index contributed by atoms with van der Waals surface area (Å²) in [7, 11) is 14.5. The summed E-state index contributed by atoms with van der Waals surface area (Å²) in [6.45, 7) is 4.00. The van der Waals surface area contributed by atoms with E-state index in [4.69, 9.17) is 49.1 Å². The predicted octanol–water partition coefficient (Wildman–Crippen LogP) is 13.8. The van der Waals surface area contributed by atoms with Crippen LogP contribution in [0, 0.1) is 13.8 Å². The second-order valence-corrected chi connectivity index (χ2v) is 37.6. The van der Waals surface area contributed by atoms with Crippen LogP contribution in [0.25, 0.3) is 45.6 Å². The fourth-order valence-corrected chi connectivity index (χ4v) is 23.1. The Hall–Kier alpha value is -2.82. The molecule has 0 N–H and O–H groups in total. The van der Waals surface area contributed by atoms with E-state index < -0.39 is 24.4 Å². The Morgan fingerprint density at radius 2 is 0.980 bits per heavy atom. The van der Waals surface area contributed by atoms with Crippen molar-refractivity contribution in [2.24, 2.45) is 0 Å². The molecule has 2 heterocycles. The minimum absolute atomic E-state index is 0.145. The monoisotopic (exact) mass is 827 g/mol. The average Bonchev–Trinajstić information content (AvgIpc) is 3.90. The third-order valence-corrected chi connectivity index (χ3v) is 32.3. The Balaban J connectivity index is 1.19. The van der Waals surface area contributed by atoms with Crippen molar-refractivity contribution in [1.82, 2.24) is 0 Å². The summed E-state index contributed by atoms with van der Waals surface area (Å²) in [4.78, 5) is 0. The molecule has 2 unspecified atom stereocenters. The number of fused-ring (bicyclic) bond motifs is 2. The van der Waals surface area contributed by atoms with Crippen LogP contribution in [0.4, 0.5) is 0 Å². The van der Waals surface area contributed by atoms with Crippen molar-refractivity contribution in [2.75, 3.05) is 0 Å². The summed E-state index contributed by atoms with van der Waals surface area (Å²) in [5.74, 6) is 2.21. The van der Waals surface area contributed by atoms with Gasteiger partial charge in [0.1, 0.15) is 0 Å². The summed E-state index contributed by atoms with van der Waals surface area (Å²) in [6, 6.07) is 39.7. The molecule has 4 aromatic carbocycles. The zero-order valence-corrected chi connectivity index (χ0v) is 34.2. The third-order valence-electron chi connectivity index (χ3n) is 10.1. The van der Waals surface area contributed by atoms with E-state index in [-0.39, 0.29) is 11.8 Å². The summed E-state index contributed by atoms with van der Waals surface area (Å²) in [5.41, 5.74) is 12.2. The van der Waals surface area contributed by atoms with Crippen LogP contribution in [0.3, 0.4) is 0 Å². The number of hydrogen-bond donors (Lipinski definition) is 0. The third kappa shape index (κ3) is 6.65. The van der Waals surface area contributed by atoms with E-state index in [2.05, 4.69) is 84.9 Å². The zero-order chi connectivity index (χ0) is 34.5. The van der Waals surface area contributed by atoms with Crippen LogP contribution < -0.4 is 0 Å². The molecule has 2 aliphatic carbocycles. The first-order chi connectivity index (χ1) is 24.2. The van der Waals surface area contributed by atoms with Crippen molar-refractivity contribution in [3.8, 4) is 22.3 Å². The van der Waals surface area contributed by atoms with E-state index in [1.807, 2.05) is 50.2 Å². The fraction of sp³-hybridized carbons (Fsp3) is 0.143. The van der Waals surface area contributed by atoms with Gasteiger partial charge in [-0.1, -0.05) is 0 Å². The predicted molar refractivity (Wildman–Crippen MR) is 210 cm³/mol. The molecule has 0 fully saturated rings. The van der Waals surface area contributed by atoms with Gasteiger partial charge in [0.05, 0.1) is 0 Å². The fourth-order valence-electron chi connectivity index (χ4n) is 7.72. The van der Waals surface area contributed by atoms with E-state index >= 15 is 0 Å². The van der Waals surface area contributed by atoms with Crippen LogP contribution in [-0.2, 0) is 18.5 Å². The molecule has 0 aliphatic heterocycles. The number of benzene rings is 4. The van der Waals surface area contributed by atoms with E-state index in [1.54, 1.807) is 0 Å². The van der Waals surface area contributed by atoms with Gasteiger partial charge >= 0.3 is 321 Å². The first-order valence-corrected chi connectivity index (χ1v) is 30.3. The molecule has 0 amide bonds. The van der Waals surface area contributed by atoms with Crippen molar-refractivity contribution < 1.29 is 27.4 Å². The standard InChI is InChI=1S/C42H33Cl2O2Si.2ClH.Zr/c1-25-9-19-41(45-25)37-21-35-31(27-11-15-29(43)16-12-27)5-3-7-33(35)39(37)23-47-24-40-34-8-4-6-32(28-13-17-30(44)18-14-28)36(34)22-38(40)42-20-10-26(2)46-42;;;/h3-22,39-40,47H,23-24H2,1-2H3;2*1H;/q;;;+2/p-2. The molecule has 2 aromatic heterocycles. The average molecular weight is 831 g/mol. The van der Waals surface area contributed by atoms with E-state index in [0.717, 1.165) is 56.3 Å². The molecule has 8 heteroatoms. The quantitative estimate of drug-likeness (QED) is 0.136. The maximum absolute atomic E-state index is 7.25. The number of hydrogen-bond acceptors (Lipinski definition) is 2. The van der Waals surface area contributed by atoms with Gasteiger partial charge in [0.25, 0.3) is 0 Å². The molecule has 0 bridgehead atoms. The summed E-state index contributed by atoms with van der Waals surface area (Å²) in [6.07, 6.45) is 4.67. The van der Waals surface area contributed by atoms with Crippen molar-refractivity contribution in [3.05, 3.63) is 165 Å². The molecule has 6 aromatic rings. The van der Waals surface area contributed by atoms with E-state index in [0.29, 0.717) is 0 Å². The van der Waals surface area contributed by atoms with Crippen molar-refractivity contribution >= 4 is 69.4 Å². The number of rotatable bonds is 9. The molecule has 0 spiro atoms. The second-order valence-electron chi connectivity index (χ2n) is 13.2. The van der Waals surface area contributed by atoms with Crippen LogP contribution >= 0.6 is 40.2 Å². The van der Waals surface area contributed by atoms with Crippen molar-refractivity contribution in [1.29, 1.82) is 0 Å². The molecule has 0 saturated heterocycles. The number of allylic oxidation sites excluding steroid dienone is 2. The second kappa shape index (κ2) is 14.3. The van der Waals surface area contributed by atoms with Crippen molar-refractivity contribution in [3.63, 3.8) is 0 Å². The summed E-state index contributed by atoms with van der Waals surface area (Å²) in [5, 5.41) is 1.45. The van der Waals surface area contributed by atoms with E-state index in [9.17, 15) is 0 Å². The van der Waals surface area contributed by atoms with Gasteiger partial charge in [-0.25, -0.2) is 0 Å². The minimum atomic E-state index is -2.75. The first-order valence-electron chi connectivity index (χ1n) is 16.8. The summed E-state index contributed by atoms with van der Waals surface area (Å²) >= 11 is 9.80. The molecule has 2 atom stereocenters. The van der Waals surface area contributed by atoms with Gasteiger partial charge in [0, 0.05) is 0 Å². The van der Waals surface area contributed by atoms with Gasteiger partial charge in [-0.05, 0) is 0 Å². The Kier molecular flexibility index (Phi) is 9.81. The van der Waals surface area contributed by atoms with Crippen LogP contribution in [-0.4, -0.2) is 5.92 Å². The van der Waals surface area contributed by atoms with Gasteiger partial charge in [-0.3, -0.25) is 0 Å². The first kappa shape index (κ1) is 34.3. The van der Waals surface area contributed by atoms with Crippen molar-refractivity contribution in [2.45, 2.75) is 37.8 Å². The number of aryl methyl sites for hydroxylation is 2. The Morgan fingerprint density at radius 1 is 0.560 bits per heavy atom. The van der Waals surface area contributed by atoms with Gasteiger partial charge in [0.15, 0.2) is 0 Å². The Labute approximate surface area is 318 Å². The molecular weight excluding hydrogens is 798 g/mol. The van der Waals surface area contributed by atoms with E-state index in [1.165, 1.54) is 44.5 Å². The van der Waals surface area contributed by atoms with Gasteiger partial charge in [0.2, 0.25) is 0 Å². The molecule has 249 valence electrons. The van der Waals surface area contributed by atoms with Gasteiger partial charge < -0.3 is 0 Å². The normalized spacial score (nSPS) is 16.9. The van der Waals surface area contributed by atoms with Crippen LogP contribution in [0.15, 0.2) is 118 Å². The SMILES string of the molecule is Cc1ccc(C2=Cc3c(-c4ccc(Cl)cc4)cccc3C2C[SiH](CC2C(c3ccc(C)o3)=Cc3c(-c4ccc(Cl)cc4)cccc32)[Zr]([Cl])[Cl])o1. The molecule has 8 rings (SSSR count). The maximum atomic E-state index is 7.25. The van der Waals surface area contributed by atoms with Gasteiger partial charge in [-0.15, -0.1) is 0 Å². The van der Waals surface area contributed by atoms with Crippen LogP contribution in [0.2, 0.25) is 22.1 Å². The number of furan rings is 2. The van der Waals surface area contributed by atoms with Crippen LogP contribution in [0.5, 0.6) is 0 Å². The molecule has 0 radical (unpaired) electrons. The zero-order valence-electron chi connectivity index (χ0n) is 27.5. The summed E-state index contributed by atoms with van der Waals surface area (Å²) < 4.78 is 12.6. The molecular formula is C42H33Cl4O2SiZr. The molecule has 50 heavy (non-hydrogen) atoms. The van der Waals surface area contributed by atoms with Gasteiger partial charge in [-0.2, -0.15) is 0 Å². The Bertz CT molecular complexity index is 2110. The van der Waals surface area contributed by atoms with Crippen LogP contribution in [0.1, 0.15) is 57.1 Å². The molecule has 0 saturated carbocycles. The number of halogens is 4. The molecule has 2 aliphatic rings. The Morgan fingerprint density at radius 3 is 1.34 bits per heavy atom. The topological polar surface area (TPSA) is 26.3 Å².